The lowest BCUT2D eigenvalue weighted by Gasteiger charge is -2.09. The molecule has 21 heavy (non-hydrogen) atoms. The third-order valence-electron chi connectivity index (χ3n) is 3.74. The molecule has 2 nitrogen and oxygen atoms in total. The fraction of sp³-hybridized carbons (Fsp3) is 0.278. The molecule has 3 aromatic rings. The molecule has 0 fully saturated rings. The van der Waals surface area contributed by atoms with E-state index < -0.39 is 0 Å². The van der Waals surface area contributed by atoms with Crippen LogP contribution in [0.5, 0.6) is 0 Å². The monoisotopic (exact) mass is 298 g/mol. The van der Waals surface area contributed by atoms with Gasteiger partial charge in [-0.1, -0.05) is 43.5 Å². The number of para-hydroxylation sites is 2. The van der Waals surface area contributed by atoms with E-state index in [1.54, 1.807) is 0 Å². The number of unbranched alkanes of at least 4 members (excludes halogenated alkanes) is 2. The van der Waals surface area contributed by atoms with Crippen molar-refractivity contribution in [1.29, 1.82) is 0 Å². The van der Waals surface area contributed by atoms with Crippen molar-refractivity contribution in [1.82, 2.24) is 9.55 Å². The van der Waals surface area contributed by atoms with Gasteiger partial charge in [-0.25, -0.2) is 4.98 Å². The summed E-state index contributed by atoms with van der Waals surface area (Å²) in [6.07, 6.45) is 3.65. The van der Waals surface area contributed by atoms with Gasteiger partial charge in [-0.05, 0) is 42.8 Å². The van der Waals surface area contributed by atoms with Crippen LogP contribution in [-0.2, 0) is 6.54 Å². The van der Waals surface area contributed by atoms with Gasteiger partial charge in [0.15, 0.2) is 0 Å². The second-order valence-corrected chi connectivity index (χ2v) is 5.73. The summed E-state index contributed by atoms with van der Waals surface area (Å²) < 4.78 is 2.33. The van der Waals surface area contributed by atoms with Gasteiger partial charge in [-0.2, -0.15) is 0 Å². The highest BCUT2D eigenvalue weighted by Gasteiger charge is 2.11. The molecule has 0 unspecified atom stereocenters. The molecule has 0 aliphatic heterocycles. The second-order valence-electron chi connectivity index (χ2n) is 5.29. The number of hydrogen-bond acceptors (Lipinski definition) is 1. The molecule has 3 heteroatoms. The molecule has 108 valence electrons. The molecule has 2 aromatic carbocycles. The van der Waals surface area contributed by atoms with Crippen molar-refractivity contribution in [2.24, 2.45) is 0 Å². The predicted molar refractivity (Wildman–Crippen MR) is 89.7 cm³/mol. The highest BCUT2D eigenvalue weighted by molar-refractivity contribution is 6.30. The molecule has 0 aliphatic carbocycles. The van der Waals surface area contributed by atoms with Crippen LogP contribution in [0.25, 0.3) is 22.4 Å². The van der Waals surface area contributed by atoms with Crippen LogP contribution in [0.4, 0.5) is 0 Å². The maximum atomic E-state index is 5.99. The Morgan fingerprint density at radius 2 is 1.76 bits per heavy atom. The summed E-state index contributed by atoms with van der Waals surface area (Å²) in [4.78, 5) is 4.81. The van der Waals surface area contributed by atoms with E-state index in [9.17, 15) is 0 Å². The molecule has 0 atom stereocenters. The van der Waals surface area contributed by atoms with Crippen LogP contribution in [0.1, 0.15) is 26.2 Å². The minimum atomic E-state index is 0.757. The summed E-state index contributed by atoms with van der Waals surface area (Å²) >= 11 is 5.99. The van der Waals surface area contributed by atoms with Gasteiger partial charge in [-0.3, -0.25) is 0 Å². The van der Waals surface area contributed by atoms with Crippen molar-refractivity contribution in [3.63, 3.8) is 0 Å². The zero-order valence-corrected chi connectivity index (χ0v) is 13.0. The van der Waals surface area contributed by atoms with Crippen molar-refractivity contribution in [2.75, 3.05) is 0 Å². The van der Waals surface area contributed by atoms with E-state index in [0.717, 1.165) is 28.5 Å². The molecule has 0 spiro atoms. The maximum absolute atomic E-state index is 5.99. The largest absolute Gasteiger partial charge is 0.324 e. The lowest BCUT2D eigenvalue weighted by molar-refractivity contribution is 0.617. The highest BCUT2D eigenvalue weighted by atomic mass is 35.5. The van der Waals surface area contributed by atoms with E-state index in [2.05, 4.69) is 29.7 Å². The Kier molecular flexibility index (Phi) is 4.26. The zero-order chi connectivity index (χ0) is 14.7. The summed E-state index contributed by atoms with van der Waals surface area (Å²) in [5.74, 6) is 1.03. The fourth-order valence-corrected chi connectivity index (χ4v) is 2.77. The first-order valence-corrected chi connectivity index (χ1v) is 7.88. The molecule has 0 aliphatic rings. The number of rotatable bonds is 5. The van der Waals surface area contributed by atoms with E-state index in [-0.39, 0.29) is 0 Å². The number of hydrogen-bond donors (Lipinski definition) is 0. The third kappa shape index (κ3) is 2.96. The van der Waals surface area contributed by atoms with Crippen LogP contribution in [-0.4, -0.2) is 9.55 Å². The topological polar surface area (TPSA) is 17.8 Å². The van der Waals surface area contributed by atoms with E-state index in [0.29, 0.717) is 0 Å². The minimum absolute atomic E-state index is 0.757. The predicted octanol–water partition coefficient (Wildman–Crippen LogP) is 5.55. The quantitative estimate of drug-likeness (QED) is 0.565. The first kappa shape index (κ1) is 14.2. The van der Waals surface area contributed by atoms with Crippen LogP contribution in [0.15, 0.2) is 48.5 Å². The number of halogens is 1. The molecular formula is C18H19ClN2. The number of aromatic nitrogens is 2. The van der Waals surface area contributed by atoms with E-state index in [1.165, 1.54) is 24.8 Å². The molecule has 1 aromatic heterocycles. The van der Waals surface area contributed by atoms with Crippen LogP contribution in [0, 0.1) is 0 Å². The second kappa shape index (κ2) is 6.31. The Bertz CT molecular complexity index is 729. The number of benzene rings is 2. The van der Waals surface area contributed by atoms with Crippen LogP contribution >= 0.6 is 11.6 Å². The summed E-state index contributed by atoms with van der Waals surface area (Å²) in [6, 6.07) is 16.3. The van der Waals surface area contributed by atoms with Gasteiger partial charge in [0.05, 0.1) is 11.0 Å². The molecule has 1 heterocycles. The van der Waals surface area contributed by atoms with Crippen molar-refractivity contribution in [3.8, 4) is 11.4 Å². The van der Waals surface area contributed by atoms with Gasteiger partial charge in [0.25, 0.3) is 0 Å². The van der Waals surface area contributed by atoms with Gasteiger partial charge < -0.3 is 4.57 Å². The number of aryl methyl sites for hydroxylation is 1. The van der Waals surface area contributed by atoms with Gasteiger partial charge in [0, 0.05) is 17.1 Å². The van der Waals surface area contributed by atoms with Crippen LogP contribution < -0.4 is 0 Å². The number of imidazole rings is 1. The lowest BCUT2D eigenvalue weighted by Crippen LogP contribution is -2.00. The Morgan fingerprint density at radius 3 is 2.52 bits per heavy atom. The Hall–Kier alpha value is -1.80. The number of nitrogens with zero attached hydrogens (tertiary/aromatic N) is 2. The molecule has 0 saturated carbocycles. The molecule has 0 bridgehead atoms. The average Bonchev–Trinajstić information content (AvgIpc) is 2.87. The van der Waals surface area contributed by atoms with E-state index in [4.69, 9.17) is 16.6 Å². The molecule has 0 saturated heterocycles. The normalized spacial score (nSPS) is 11.1. The summed E-state index contributed by atoms with van der Waals surface area (Å²) in [5.41, 5.74) is 3.38. The SMILES string of the molecule is CCCCCn1c(-c2ccc(Cl)cc2)nc2ccccc21. The van der Waals surface area contributed by atoms with Gasteiger partial charge >= 0.3 is 0 Å². The standard InChI is InChI=1S/C18H19ClN2/c1-2-3-6-13-21-17-8-5-4-7-16(17)20-18(21)14-9-11-15(19)12-10-14/h4-5,7-12H,2-3,6,13H2,1H3. The Labute approximate surface area is 130 Å². The fourth-order valence-electron chi connectivity index (χ4n) is 2.64. The summed E-state index contributed by atoms with van der Waals surface area (Å²) in [5, 5.41) is 0.757. The van der Waals surface area contributed by atoms with Crippen LogP contribution in [0.2, 0.25) is 5.02 Å². The van der Waals surface area contributed by atoms with Crippen LogP contribution in [0.3, 0.4) is 0 Å². The van der Waals surface area contributed by atoms with E-state index in [1.807, 2.05) is 30.3 Å². The summed E-state index contributed by atoms with van der Waals surface area (Å²) in [7, 11) is 0. The first-order valence-electron chi connectivity index (χ1n) is 7.51. The van der Waals surface area contributed by atoms with Gasteiger partial charge in [-0.15, -0.1) is 0 Å². The number of fused-ring (bicyclic) bond motifs is 1. The van der Waals surface area contributed by atoms with Crippen molar-refractivity contribution in [2.45, 2.75) is 32.7 Å². The molecule has 0 radical (unpaired) electrons. The molecular weight excluding hydrogens is 280 g/mol. The van der Waals surface area contributed by atoms with Gasteiger partial charge in [0.1, 0.15) is 5.82 Å². The van der Waals surface area contributed by atoms with Crippen molar-refractivity contribution >= 4 is 22.6 Å². The van der Waals surface area contributed by atoms with Crippen molar-refractivity contribution in [3.05, 3.63) is 53.6 Å². The minimum Gasteiger partial charge on any atom is -0.324 e. The third-order valence-corrected chi connectivity index (χ3v) is 3.99. The smallest absolute Gasteiger partial charge is 0.141 e. The summed E-state index contributed by atoms with van der Waals surface area (Å²) in [6.45, 7) is 3.23. The van der Waals surface area contributed by atoms with E-state index >= 15 is 0 Å². The molecule has 0 amide bonds. The first-order chi connectivity index (χ1) is 10.3. The maximum Gasteiger partial charge on any atom is 0.141 e. The zero-order valence-electron chi connectivity index (χ0n) is 12.2. The Morgan fingerprint density at radius 1 is 1.00 bits per heavy atom. The van der Waals surface area contributed by atoms with Crippen molar-refractivity contribution < 1.29 is 0 Å². The Balaban J connectivity index is 2.07. The molecule has 3 rings (SSSR count). The van der Waals surface area contributed by atoms with Gasteiger partial charge in [0.2, 0.25) is 0 Å². The average molecular weight is 299 g/mol. The highest BCUT2D eigenvalue weighted by Crippen LogP contribution is 2.26. The molecule has 0 N–H and O–H groups in total. The lowest BCUT2D eigenvalue weighted by atomic mass is 10.2.